The molecule has 2 unspecified atom stereocenters. The first kappa shape index (κ1) is 13.4. The maximum atomic E-state index is 5.91. The Hall–Kier alpha value is -1.06. The quantitative estimate of drug-likeness (QED) is 0.909. The molecule has 0 amide bonds. The zero-order valence-corrected chi connectivity index (χ0v) is 11.6. The third kappa shape index (κ3) is 3.24. The van der Waals surface area contributed by atoms with E-state index in [0.717, 1.165) is 29.5 Å². The maximum Gasteiger partial charge on any atom is 0.139 e. The van der Waals surface area contributed by atoms with Crippen LogP contribution >= 0.6 is 11.6 Å². The molecular weight excluding hydrogens is 248 g/mol. The molecule has 0 bridgehead atoms. The lowest BCUT2D eigenvalue weighted by molar-refractivity contribution is 0.106. The highest BCUT2D eigenvalue weighted by molar-refractivity contribution is 6.30. The van der Waals surface area contributed by atoms with Crippen LogP contribution in [-0.4, -0.2) is 25.5 Å². The van der Waals surface area contributed by atoms with Gasteiger partial charge in [0.05, 0.1) is 0 Å². The van der Waals surface area contributed by atoms with Crippen molar-refractivity contribution in [1.82, 2.24) is 5.32 Å². The Balaban J connectivity index is 2.20. The van der Waals surface area contributed by atoms with Crippen molar-refractivity contribution < 1.29 is 4.74 Å². The lowest BCUT2D eigenvalue weighted by Gasteiger charge is -2.26. The van der Waals surface area contributed by atoms with Gasteiger partial charge in [-0.25, -0.2) is 0 Å². The fourth-order valence-electron chi connectivity index (χ4n) is 1.97. The van der Waals surface area contributed by atoms with Crippen molar-refractivity contribution in [2.45, 2.75) is 20.0 Å². The van der Waals surface area contributed by atoms with Crippen LogP contribution in [0.4, 0.5) is 0 Å². The van der Waals surface area contributed by atoms with Gasteiger partial charge in [-0.1, -0.05) is 30.7 Å². The molecule has 0 aromatic heterocycles. The Morgan fingerprint density at radius 1 is 1.44 bits per heavy atom. The summed E-state index contributed by atoms with van der Waals surface area (Å²) in [7, 11) is 0. The zero-order chi connectivity index (χ0) is 13.0. The summed E-state index contributed by atoms with van der Waals surface area (Å²) in [4.78, 5) is 4.58. The van der Waals surface area contributed by atoms with Gasteiger partial charge in [0.25, 0.3) is 0 Å². The molecule has 1 aliphatic rings. The SMILES string of the molecule is CCOC(C1=NCC(C)CN1)c1ccc(Cl)cc1. The van der Waals surface area contributed by atoms with E-state index in [9.17, 15) is 0 Å². The summed E-state index contributed by atoms with van der Waals surface area (Å²) in [5.41, 5.74) is 1.09. The van der Waals surface area contributed by atoms with Crippen molar-refractivity contribution in [2.75, 3.05) is 19.7 Å². The first-order valence-corrected chi connectivity index (χ1v) is 6.73. The summed E-state index contributed by atoms with van der Waals surface area (Å²) in [5.74, 6) is 1.51. The number of ether oxygens (including phenoxy) is 1. The van der Waals surface area contributed by atoms with Crippen LogP contribution in [0.5, 0.6) is 0 Å². The Kier molecular flexibility index (Phi) is 4.61. The molecular formula is C14H19ClN2O. The van der Waals surface area contributed by atoms with E-state index in [0.29, 0.717) is 12.5 Å². The van der Waals surface area contributed by atoms with E-state index in [1.54, 1.807) is 0 Å². The smallest absolute Gasteiger partial charge is 0.139 e. The summed E-state index contributed by atoms with van der Waals surface area (Å²) in [5, 5.41) is 4.10. The van der Waals surface area contributed by atoms with E-state index in [1.165, 1.54) is 0 Å². The van der Waals surface area contributed by atoms with Gasteiger partial charge in [0.15, 0.2) is 0 Å². The minimum absolute atomic E-state index is 0.111. The van der Waals surface area contributed by atoms with E-state index in [-0.39, 0.29) is 6.10 Å². The van der Waals surface area contributed by atoms with E-state index in [4.69, 9.17) is 16.3 Å². The fourth-order valence-corrected chi connectivity index (χ4v) is 2.09. The number of nitrogens with one attached hydrogen (secondary N) is 1. The maximum absolute atomic E-state index is 5.91. The predicted octanol–water partition coefficient (Wildman–Crippen LogP) is 3.06. The summed E-state index contributed by atoms with van der Waals surface area (Å²) >= 11 is 5.91. The number of benzene rings is 1. The van der Waals surface area contributed by atoms with Gasteiger partial charge >= 0.3 is 0 Å². The molecule has 1 heterocycles. The largest absolute Gasteiger partial charge is 0.371 e. The number of nitrogens with zero attached hydrogens (tertiary/aromatic N) is 1. The van der Waals surface area contributed by atoms with Crippen LogP contribution in [-0.2, 0) is 4.74 Å². The van der Waals surface area contributed by atoms with Gasteiger partial charge in [0, 0.05) is 24.7 Å². The van der Waals surface area contributed by atoms with E-state index in [1.807, 2.05) is 31.2 Å². The number of rotatable bonds is 4. The van der Waals surface area contributed by atoms with Gasteiger partial charge < -0.3 is 10.1 Å². The molecule has 2 atom stereocenters. The molecule has 0 spiro atoms. The van der Waals surface area contributed by atoms with Crippen molar-refractivity contribution in [1.29, 1.82) is 0 Å². The van der Waals surface area contributed by atoms with Crippen LogP contribution in [0.15, 0.2) is 29.3 Å². The highest BCUT2D eigenvalue weighted by Gasteiger charge is 2.21. The second-order valence-electron chi connectivity index (χ2n) is 4.60. The van der Waals surface area contributed by atoms with Crippen LogP contribution in [0.2, 0.25) is 5.02 Å². The van der Waals surface area contributed by atoms with E-state index >= 15 is 0 Å². The van der Waals surface area contributed by atoms with Crippen LogP contribution in [0.25, 0.3) is 0 Å². The third-order valence-electron chi connectivity index (χ3n) is 2.96. The molecule has 3 nitrogen and oxygen atoms in total. The topological polar surface area (TPSA) is 33.6 Å². The molecule has 98 valence electrons. The van der Waals surface area contributed by atoms with Gasteiger partial charge in [-0.05, 0) is 30.5 Å². The molecule has 18 heavy (non-hydrogen) atoms. The number of halogens is 1. The van der Waals surface area contributed by atoms with Gasteiger partial charge in [0.2, 0.25) is 0 Å². The molecule has 4 heteroatoms. The molecule has 0 fully saturated rings. The van der Waals surface area contributed by atoms with Crippen molar-refractivity contribution in [3.8, 4) is 0 Å². The molecule has 1 aliphatic heterocycles. The highest BCUT2D eigenvalue weighted by atomic mass is 35.5. The Labute approximate surface area is 113 Å². The van der Waals surface area contributed by atoms with Gasteiger partial charge in [-0.3, -0.25) is 4.99 Å². The zero-order valence-electron chi connectivity index (χ0n) is 10.8. The van der Waals surface area contributed by atoms with Crippen LogP contribution in [0, 0.1) is 5.92 Å². The fraction of sp³-hybridized carbons (Fsp3) is 0.500. The first-order chi connectivity index (χ1) is 8.70. The summed E-state index contributed by atoms with van der Waals surface area (Å²) in [6, 6.07) is 7.75. The molecule has 0 saturated carbocycles. The molecule has 0 saturated heterocycles. The molecule has 1 aromatic rings. The number of hydrogen-bond acceptors (Lipinski definition) is 3. The monoisotopic (exact) mass is 266 g/mol. The van der Waals surface area contributed by atoms with Crippen molar-refractivity contribution in [3.63, 3.8) is 0 Å². The average Bonchev–Trinajstić information content (AvgIpc) is 2.39. The number of aliphatic imine (C=N–C) groups is 1. The van der Waals surface area contributed by atoms with Crippen molar-refractivity contribution in [3.05, 3.63) is 34.9 Å². The number of hydrogen-bond donors (Lipinski definition) is 1. The van der Waals surface area contributed by atoms with Crippen molar-refractivity contribution >= 4 is 17.4 Å². The first-order valence-electron chi connectivity index (χ1n) is 6.36. The second-order valence-corrected chi connectivity index (χ2v) is 5.04. The van der Waals surface area contributed by atoms with Crippen LogP contribution < -0.4 is 5.32 Å². The van der Waals surface area contributed by atoms with Crippen LogP contribution in [0.1, 0.15) is 25.5 Å². The Morgan fingerprint density at radius 2 is 2.17 bits per heavy atom. The van der Waals surface area contributed by atoms with Gasteiger partial charge in [-0.15, -0.1) is 0 Å². The Bertz CT molecular complexity index is 416. The lowest BCUT2D eigenvalue weighted by atomic mass is 10.1. The van der Waals surface area contributed by atoms with E-state index in [2.05, 4.69) is 17.2 Å². The van der Waals surface area contributed by atoms with Gasteiger partial charge in [-0.2, -0.15) is 0 Å². The molecule has 1 N–H and O–H groups in total. The van der Waals surface area contributed by atoms with Gasteiger partial charge in [0.1, 0.15) is 11.9 Å². The predicted molar refractivity (Wildman–Crippen MR) is 75.3 cm³/mol. The summed E-state index contributed by atoms with van der Waals surface area (Å²) in [6.07, 6.45) is -0.111. The molecule has 0 radical (unpaired) electrons. The second kappa shape index (κ2) is 6.21. The number of amidine groups is 1. The standard InChI is InChI=1S/C14H19ClN2O/c1-3-18-13(11-4-6-12(15)7-5-11)14-16-8-10(2)9-17-14/h4-7,10,13H,3,8-9H2,1-2H3,(H,16,17). The average molecular weight is 267 g/mol. The normalized spacial score (nSPS) is 21.1. The van der Waals surface area contributed by atoms with Crippen molar-refractivity contribution in [2.24, 2.45) is 10.9 Å². The van der Waals surface area contributed by atoms with E-state index < -0.39 is 0 Å². The highest BCUT2D eigenvalue weighted by Crippen LogP contribution is 2.22. The molecule has 2 rings (SSSR count). The minimum Gasteiger partial charge on any atom is -0.371 e. The summed E-state index contributed by atoms with van der Waals surface area (Å²) in [6.45, 7) is 6.65. The van der Waals surface area contributed by atoms with Crippen LogP contribution in [0.3, 0.4) is 0 Å². The lowest BCUT2D eigenvalue weighted by Crippen LogP contribution is -2.39. The Morgan fingerprint density at radius 3 is 2.72 bits per heavy atom. The molecule has 1 aromatic carbocycles. The molecule has 0 aliphatic carbocycles. The minimum atomic E-state index is -0.111. The summed E-state index contributed by atoms with van der Waals surface area (Å²) < 4.78 is 5.81. The third-order valence-corrected chi connectivity index (χ3v) is 3.21.